The molecule has 0 bridgehead atoms. The van der Waals surface area contributed by atoms with Crippen molar-refractivity contribution in [1.29, 1.82) is 0 Å². The zero-order valence-corrected chi connectivity index (χ0v) is 9.56. The molecule has 0 N–H and O–H groups in total. The van der Waals surface area contributed by atoms with Gasteiger partial charge in [0.05, 0.1) is 12.7 Å². The van der Waals surface area contributed by atoms with Gasteiger partial charge in [-0.2, -0.15) is 0 Å². The highest BCUT2D eigenvalue weighted by atomic mass is 35.5. The lowest BCUT2D eigenvalue weighted by molar-refractivity contribution is 0.416. The summed E-state index contributed by atoms with van der Waals surface area (Å²) in [4.78, 5) is 0. The van der Waals surface area contributed by atoms with Gasteiger partial charge in [0.25, 0.3) is 0 Å². The van der Waals surface area contributed by atoms with Gasteiger partial charge in [-0.3, -0.25) is 0 Å². The summed E-state index contributed by atoms with van der Waals surface area (Å²) in [6.07, 6.45) is 0. The first kappa shape index (κ1) is 10.8. The largest absolute Gasteiger partial charge is 0.496 e. The van der Waals surface area contributed by atoms with Crippen LogP contribution in [0, 0.1) is 6.92 Å². The molecule has 2 aromatic rings. The Bertz CT molecular complexity index is 501. The molecule has 82 valence electrons. The number of aryl methyl sites for hydroxylation is 1. The third-order valence-electron chi connectivity index (χ3n) is 1.98. The van der Waals surface area contributed by atoms with Crippen LogP contribution in [-0.2, 0) is 0 Å². The second kappa shape index (κ2) is 4.40. The van der Waals surface area contributed by atoms with Crippen LogP contribution in [0.4, 0.5) is 0 Å². The Morgan fingerprint density at radius 3 is 2.44 bits per heavy atom. The molecule has 0 saturated heterocycles. The van der Waals surface area contributed by atoms with Gasteiger partial charge in [0, 0.05) is 5.02 Å². The molecule has 5 nitrogen and oxygen atoms in total. The van der Waals surface area contributed by atoms with Gasteiger partial charge >= 0.3 is 0 Å². The highest BCUT2D eigenvalue weighted by Crippen LogP contribution is 2.29. The summed E-state index contributed by atoms with van der Waals surface area (Å²) in [5.41, 5.74) is 0.715. The van der Waals surface area contributed by atoms with E-state index in [1.807, 2.05) is 0 Å². The standard InChI is InChI=1S/C10H9ClN4O/c1-6-12-14-10(15-13-6)8-4-3-7(11)5-9(8)16-2/h3-5H,1-2H3. The average Bonchev–Trinajstić information content (AvgIpc) is 2.30. The summed E-state index contributed by atoms with van der Waals surface area (Å²) < 4.78 is 5.19. The molecule has 6 heteroatoms. The molecule has 0 amide bonds. The highest BCUT2D eigenvalue weighted by molar-refractivity contribution is 6.30. The molecule has 0 radical (unpaired) electrons. The first-order chi connectivity index (χ1) is 7.70. The predicted molar refractivity (Wildman–Crippen MR) is 59.4 cm³/mol. The number of ether oxygens (including phenoxy) is 1. The minimum Gasteiger partial charge on any atom is -0.496 e. The van der Waals surface area contributed by atoms with Gasteiger partial charge in [-0.1, -0.05) is 11.6 Å². The summed E-state index contributed by atoms with van der Waals surface area (Å²) in [6.45, 7) is 1.73. The second-order valence-corrected chi connectivity index (χ2v) is 3.55. The van der Waals surface area contributed by atoms with E-state index in [9.17, 15) is 0 Å². The molecular formula is C10H9ClN4O. The number of rotatable bonds is 2. The second-order valence-electron chi connectivity index (χ2n) is 3.12. The molecular weight excluding hydrogens is 228 g/mol. The van der Waals surface area contributed by atoms with E-state index in [1.165, 1.54) is 0 Å². The molecule has 16 heavy (non-hydrogen) atoms. The molecule has 0 aliphatic rings. The molecule has 0 spiro atoms. The van der Waals surface area contributed by atoms with Gasteiger partial charge in [0.2, 0.25) is 5.82 Å². The topological polar surface area (TPSA) is 60.8 Å². The number of halogens is 1. The molecule has 1 aromatic carbocycles. The third kappa shape index (κ3) is 2.09. The highest BCUT2D eigenvalue weighted by Gasteiger charge is 2.10. The average molecular weight is 237 g/mol. The Balaban J connectivity index is 2.51. The van der Waals surface area contributed by atoms with Crippen LogP contribution in [0.3, 0.4) is 0 Å². The van der Waals surface area contributed by atoms with Crippen molar-refractivity contribution in [3.05, 3.63) is 29.0 Å². The first-order valence-electron chi connectivity index (χ1n) is 4.58. The van der Waals surface area contributed by atoms with Crippen molar-refractivity contribution in [2.75, 3.05) is 7.11 Å². The lowest BCUT2D eigenvalue weighted by atomic mass is 10.2. The van der Waals surface area contributed by atoms with Crippen LogP contribution in [-0.4, -0.2) is 27.5 Å². The summed E-state index contributed by atoms with van der Waals surface area (Å²) in [7, 11) is 1.56. The molecule has 0 fully saturated rings. The van der Waals surface area contributed by atoms with Crippen molar-refractivity contribution in [2.24, 2.45) is 0 Å². The maximum atomic E-state index is 5.86. The fourth-order valence-corrected chi connectivity index (χ4v) is 1.40. The number of hydrogen-bond donors (Lipinski definition) is 0. The number of methoxy groups -OCH3 is 1. The maximum absolute atomic E-state index is 5.86. The number of nitrogens with zero attached hydrogens (tertiary/aromatic N) is 4. The van der Waals surface area contributed by atoms with E-state index in [-0.39, 0.29) is 0 Å². The SMILES string of the molecule is COc1cc(Cl)ccc1-c1nnc(C)nn1. The quantitative estimate of drug-likeness (QED) is 0.797. The van der Waals surface area contributed by atoms with Crippen LogP contribution in [0.1, 0.15) is 5.82 Å². The van der Waals surface area contributed by atoms with Crippen LogP contribution in [0.5, 0.6) is 5.75 Å². The monoisotopic (exact) mass is 236 g/mol. The van der Waals surface area contributed by atoms with Gasteiger partial charge in [-0.15, -0.1) is 20.4 Å². The number of hydrogen-bond acceptors (Lipinski definition) is 5. The molecule has 2 rings (SSSR count). The first-order valence-corrected chi connectivity index (χ1v) is 4.96. The van der Waals surface area contributed by atoms with E-state index >= 15 is 0 Å². The zero-order valence-electron chi connectivity index (χ0n) is 8.81. The Kier molecular flexibility index (Phi) is 2.96. The normalized spacial score (nSPS) is 10.2. The Morgan fingerprint density at radius 2 is 1.81 bits per heavy atom. The van der Waals surface area contributed by atoms with Crippen LogP contribution in [0.2, 0.25) is 5.02 Å². The molecule has 1 heterocycles. The Hall–Kier alpha value is -1.75. The van der Waals surface area contributed by atoms with E-state index in [0.717, 1.165) is 0 Å². The van der Waals surface area contributed by atoms with Crippen molar-refractivity contribution >= 4 is 11.6 Å². The molecule has 0 atom stereocenters. The summed E-state index contributed by atoms with van der Waals surface area (Å²) in [6, 6.07) is 5.21. The van der Waals surface area contributed by atoms with E-state index in [1.54, 1.807) is 32.2 Å². The molecule has 0 unspecified atom stereocenters. The van der Waals surface area contributed by atoms with Gasteiger partial charge in [0.1, 0.15) is 5.75 Å². The van der Waals surface area contributed by atoms with Gasteiger partial charge in [0.15, 0.2) is 5.82 Å². The maximum Gasteiger partial charge on any atom is 0.207 e. The van der Waals surface area contributed by atoms with Crippen molar-refractivity contribution in [3.8, 4) is 17.1 Å². The van der Waals surface area contributed by atoms with Gasteiger partial charge in [-0.25, -0.2) is 0 Å². The summed E-state index contributed by atoms with van der Waals surface area (Å²) in [5, 5.41) is 16.2. The minimum atomic E-state index is 0.416. The van der Waals surface area contributed by atoms with Crippen LogP contribution in [0.25, 0.3) is 11.4 Å². The van der Waals surface area contributed by atoms with Gasteiger partial charge < -0.3 is 4.74 Å². The smallest absolute Gasteiger partial charge is 0.207 e. The van der Waals surface area contributed by atoms with Crippen LogP contribution >= 0.6 is 11.6 Å². The molecule has 0 saturated carbocycles. The number of benzene rings is 1. The van der Waals surface area contributed by atoms with Crippen molar-refractivity contribution in [3.63, 3.8) is 0 Å². The van der Waals surface area contributed by atoms with Crippen molar-refractivity contribution < 1.29 is 4.74 Å². The fourth-order valence-electron chi connectivity index (χ4n) is 1.24. The van der Waals surface area contributed by atoms with Crippen LogP contribution < -0.4 is 4.74 Å². The van der Waals surface area contributed by atoms with Crippen LogP contribution in [0.15, 0.2) is 18.2 Å². The Morgan fingerprint density at radius 1 is 1.12 bits per heavy atom. The summed E-state index contributed by atoms with van der Waals surface area (Å²) >= 11 is 5.86. The lowest BCUT2D eigenvalue weighted by Gasteiger charge is -2.06. The third-order valence-corrected chi connectivity index (χ3v) is 2.22. The van der Waals surface area contributed by atoms with E-state index < -0.39 is 0 Å². The number of aromatic nitrogens is 4. The molecule has 0 aliphatic carbocycles. The predicted octanol–water partition coefficient (Wildman–Crippen LogP) is 1.90. The van der Waals surface area contributed by atoms with E-state index in [0.29, 0.717) is 28.0 Å². The molecule has 0 aliphatic heterocycles. The lowest BCUT2D eigenvalue weighted by Crippen LogP contribution is -1.99. The molecule has 1 aromatic heterocycles. The zero-order chi connectivity index (χ0) is 11.5. The minimum absolute atomic E-state index is 0.416. The van der Waals surface area contributed by atoms with E-state index in [2.05, 4.69) is 20.4 Å². The van der Waals surface area contributed by atoms with E-state index in [4.69, 9.17) is 16.3 Å². The van der Waals surface area contributed by atoms with Crippen molar-refractivity contribution in [1.82, 2.24) is 20.4 Å². The summed E-state index contributed by atoms with van der Waals surface area (Å²) in [5.74, 6) is 1.54. The fraction of sp³-hybridized carbons (Fsp3) is 0.200. The Labute approximate surface area is 97.5 Å². The van der Waals surface area contributed by atoms with Gasteiger partial charge in [-0.05, 0) is 25.1 Å². The van der Waals surface area contributed by atoms with Crippen molar-refractivity contribution in [2.45, 2.75) is 6.92 Å².